The van der Waals surface area contributed by atoms with Crippen LogP contribution in [0.1, 0.15) is 220 Å². The number of esters is 1. The van der Waals surface area contributed by atoms with Crippen LogP contribution in [0.5, 0.6) is 0 Å². The molecule has 1 aliphatic rings. The van der Waals surface area contributed by atoms with E-state index in [1.807, 2.05) is 0 Å². The van der Waals surface area contributed by atoms with E-state index in [4.69, 9.17) is 4.74 Å². The lowest BCUT2D eigenvalue weighted by Crippen LogP contribution is -2.35. The molecule has 0 atom stereocenters. The van der Waals surface area contributed by atoms with Crippen molar-refractivity contribution in [3.8, 4) is 0 Å². The topological polar surface area (TPSA) is 61.9 Å². The summed E-state index contributed by atoms with van der Waals surface area (Å²) in [6.45, 7) is 15.5. The lowest BCUT2D eigenvalue weighted by molar-refractivity contribution is -0.144. The van der Waals surface area contributed by atoms with Gasteiger partial charge in [-0.2, -0.15) is 0 Å². The van der Waals surface area contributed by atoms with Crippen molar-refractivity contribution < 1.29 is 14.3 Å². The number of carbonyl (C=O) groups excluding carboxylic acids is 2. The van der Waals surface area contributed by atoms with Gasteiger partial charge in [0.1, 0.15) is 0 Å². The number of nitrogens with zero attached hydrogens (tertiary/aromatic N) is 2. The molecular weight excluding hydrogens is 631 g/mol. The number of carbonyl (C=O) groups is 2. The quantitative estimate of drug-likeness (QED) is 0.0506. The summed E-state index contributed by atoms with van der Waals surface area (Å²) < 4.78 is 5.61. The van der Waals surface area contributed by atoms with Crippen LogP contribution >= 0.6 is 0 Å². The summed E-state index contributed by atoms with van der Waals surface area (Å²) in [5.41, 5.74) is 0. The second-order valence-corrected chi connectivity index (χ2v) is 16.1. The lowest BCUT2D eigenvalue weighted by Gasteiger charge is -2.25. The third kappa shape index (κ3) is 32.0. The van der Waals surface area contributed by atoms with Crippen molar-refractivity contribution in [1.82, 2.24) is 15.1 Å². The van der Waals surface area contributed by atoms with Crippen LogP contribution in [0.2, 0.25) is 0 Å². The second-order valence-electron chi connectivity index (χ2n) is 16.1. The smallest absolute Gasteiger partial charge is 0.305 e. The van der Waals surface area contributed by atoms with Crippen LogP contribution in [0, 0.1) is 5.92 Å². The van der Waals surface area contributed by atoms with Crippen molar-refractivity contribution in [2.75, 3.05) is 52.4 Å². The number of rotatable bonds is 39. The molecule has 0 aromatic rings. The average molecular weight is 720 g/mol. The van der Waals surface area contributed by atoms with E-state index < -0.39 is 0 Å². The van der Waals surface area contributed by atoms with Crippen LogP contribution in [0.25, 0.3) is 0 Å². The van der Waals surface area contributed by atoms with Gasteiger partial charge in [-0.3, -0.25) is 9.59 Å². The zero-order valence-electron chi connectivity index (χ0n) is 34.8. The van der Waals surface area contributed by atoms with E-state index >= 15 is 0 Å². The maximum Gasteiger partial charge on any atom is 0.305 e. The van der Waals surface area contributed by atoms with Crippen LogP contribution in [-0.4, -0.2) is 74.1 Å². The first-order valence-electron chi connectivity index (χ1n) is 23.0. The van der Waals surface area contributed by atoms with E-state index in [9.17, 15) is 9.59 Å². The minimum Gasteiger partial charge on any atom is -0.466 e. The van der Waals surface area contributed by atoms with E-state index in [0.29, 0.717) is 19.4 Å². The molecule has 0 spiro atoms. The number of unbranched alkanes of at least 4 members (excludes halogenated alkanes) is 18. The summed E-state index contributed by atoms with van der Waals surface area (Å²) in [7, 11) is 0. The Morgan fingerprint density at radius 1 is 0.569 bits per heavy atom. The van der Waals surface area contributed by atoms with Crippen molar-refractivity contribution in [2.24, 2.45) is 5.92 Å². The largest absolute Gasteiger partial charge is 0.466 e. The van der Waals surface area contributed by atoms with Gasteiger partial charge in [0, 0.05) is 32.5 Å². The third-order valence-electron chi connectivity index (χ3n) is 11.2. The molecule has 1 fully saturated rings. The van der Waals surface area contributed by atoms with Gasteiger partial charge in [0.25, 0.3) is 0 Å². The van der Waals surface area contributed by atoms with Gasteiger partial charge in [-0.15, -0.1) is 0 Å². The normalized spacial score (nSPS) is 13.5. The monoisotopic (exact) mass is 720 g/mol. The Kier molecular flexibility index (Phi) is 34.9. The Morgan fingerprint density at radius 2 is 1.06 bits per heavy atom. The Labute approximate surface area is 318 Å². The minimum atomic E-state index is 0.00730. The zero-order valence-corrected chi connectivity index (χ0v) is 34.8. The van der Waals surface area contributed by atoms with Crippen LogP contribution in [0.3, 0.4) is 0 Å². The second kappa shape index (κ2) is 37.2. The summed E-state index contributed by atoms with van der Waals surface area (Å²) >= 11 is 0. The summed E-state index contributed by atoms with van der Waals surface area (Å²) in [6.07, 6.45) is 37.9. The van der Waals surface area contributed by atoms with E-state index in [0.717, 1.165) is 57.5 Å². The molecule has 0 bridgehead atoms. The van der Waals surface area contributed by atoms with Gasteiger partial charge in [-0.05, 0) is 89.9 Å². The van der Waals surface area contributed by atoms with Crippen molar-refractivity contribution in [3.63, 3.8) is 0 Å². The molecule has 1 rings (SSSR count). The molecule has 0 aromatic carbocycles. The molecule has 0 radical (unpaired) electrons. The van der Waals surface area contributed by atoms with E-state index in [1.54, 1.807) is 0 Å². The van der Waals surface area contributed by atoms with Crippen molar-refractivity contribution >= 4 is 11.9 Å². The number of amides is 1. The van der Waals surface area contributed by atoms with Crippen LogP contribution in [0.15, 0.2) is 0 Å². The highest BCUT2D eigenvalue weighted by Crippen LogP contribution is 2.22. The van der Waals surface area contributed by atoms with Gasteiger partial charge < -0.3 is 19.9 Å². The van der Waals surface area contributed by atoms with E-state index in [-0.39, 0.29) is 11.9 Å². The molecule has 0 saturated carbocycles. The predicted molar refractivity (Wildman–Crippen MR) is 220 cm³/mol. The fourth-order valence-electron chi connectivity index (χ4n) is 7.74. The maximum absolute atomic E-state index is 12.3. The van der Waals surface area contributed by atoms with Crippen molar-refractivity contribution in [2.45, 2.75) is 220 Å². The van der Waals surface area contributed by atoms with Crippen LogP contribution in [-0.2, 0) is 14.3 Å². The first-order chi connectivity index (χ1) is 25.1. The van der Waals surface area contributed by atoms with Crippen molar-refractivity contribution in [1.29, 1.82) is 0 Å². The van der Waals surface area contributed by atoms with Gasteiger partial charge in [-0.25, -0.2) is 0 Å². The van der Waals surface area contributed by atoms with E-state index in [1.165, 1.54) is 180 Å². The first-order valence-corrected chi connectivity index (χ1v) is 23.0. The summed E-state index contributed by atoms with van der Waals surface area (Å²) in [4.78, 5) is 29.9. The molecule has 6 nitrogen and oxygen atoms in total. The van der Waals surface area contributed by atoms with Crippen molar-refractivity contribution in [3.05, 3.63) is 0 Å². The molecule has 1 aliphatic heterocycles. The molecule has 6 heteroatoms. The number of hydrogen-bond donors (Lipinski definition) is 1. The number of nitrogens with one attached hydrogen (secondary N) is 1. The fourth-order valence-corrected chi connectivity index (χ4v) is 7.74. The summed E-state index contributed by atoms with van der Waals surface area (Å²) in [5, 5.41) is 3.16. The molecule has 1 amide bonds. The van der Waals surface area contributed by atoms with Gasteiger partial charge in [0.2, 0.25) is 5.91 Å². The highest BCUT2D eigenvalue weighted by Gasteiger charge is 2.14. The van der Waals surface area contributed by atoms with Gasteiger partial charge in [-0.1, -0.05) is 149 Å². The van der Waals surface area contributed by atoms with Crippen LogP contribution < -0.4 is 5.32 Å². The Balaban J connectivity index is 2.11. The molecular formula is C45H89N3O3. The summed E-state index contributed by atoms with van der Waals surface area (Å²) in [5.74, 6) is 1.07. The highest BCUT2D eigenvalue weighted by molar-refractivity contribution is 5.75. The highest BCUT2D eigenvalue weighted by atomic mass is 16.5. The van der Waals surface area contributed by atoms with Crippen LogP contribution in [0.4, 0.5) is 0 Å². The van der Waals surface area contributed by atoms with E-state index in [2.05, 4.69) is 35.9 Å². The minimum absolute atomic E-state index is 0.00730. The average Bonchev–Trinajstić information content (AvgIpc) is 3.66. The maximum atomic E-state index is 12.3. The van der Waals surface area contributed by atoms with Gasteiger partial charge in [0.15, 0.2) is 0 Å². The first kappa shape index (κ1) is 47.9. The predicted octanol–water partition coefficient (Wildman–Crippen LogP) is 12.0. The van der Waals surface area contributed by atoms with Gasteiger partial charge >= 0.3 is 5.97 Å². The molecule has 1 saturated heterocycles. The molecule has 51 heavy (non-hydrogen) atoms. The standard InChI is InChI=1S/C45H89N3O3/c1-4-7-10-11-12-13-14-17-24-35-46-44(49)33-22-19-26-37-47(40-41-48-38-27-28-39-48)36-25-18-15-16-23-34-45(50)51-42-29-32-43(30-20-8-5-2)31-21-9-6-3/h43H,4-42H2,1-3H3,(H,46,49). The molecule has 1 heterocycles. The molecule has 302 valence electrons. The Morgan fingerprint density at radius 3 is 1.69 bits per heavy atom. The lowest BCUT2D eigenvalue weighted by atomic mass is 9.91. The fraction of sp³-hybridized carbons (Fsp3) is 0.956. The molecule has 1 N–H and O–H groups in total. The SMILES string of the molecule is CCCCCCCCCCCNC(=O)CCCCCN(CCCCCCCC(=O)OCCCC(CCCCC)CCCCC)CCN1CCCC1. The molecule has 0 unspecified atom stereocenters. The van der Waals surface area contributed by atoms with Gasteiger partial charge in [0.05, 0.1) is 6.61 Å². The number of hydrogen-bond acceptors (Lipinski definition) is 5. The Hall–Kier alpha value is -1.14. The third-order valence-corrected chi connectivity index (χ3v) is 11.2. The number of likely N-dealkylation sites (tertiary alicyclic amines) is 1. The number of ether oxygens (including phenoxy) is 1. The molecule has 0 aliphatic carbocycles. The molecule has 0 aromatic heterocycles. The summed E-state index contributed by atoms with van der Waals surface area (Å²) in [6, 6.07) is 0. The zero-order chi connectivity index (χ0) is 36.9. The Bertz CT molecular complexity index is 747.